The van der Waals surface area contributed by atoms with Crippen LogP contribution in [0, 0.1) is 0 Å². The zero-order valence-corrected chi connectivity index (χ0v) is 12.2. The highest BCUT2D eigenvalue weighted by Gasteiger charge is 2.14. The van der Waals surface area contributed by atoms with Gasteiger partial charge in [-0.1, -0.05) is 11.6 Å². The van der Waals surface area contributed by atoms with Gasteiger partial charge in [-0.05, 0) is 14.0 Å². The fourth-order valence-electron chi connectivity index (χ4n) is 1.86. The third-order valence-electron chi connectivity index (χ3n) is 2.95. The summed E-state index contributed by atoms with van der Waals surface area (Å²) in [5, 5.41) is 2.57. The zero-order chi connectivity index (χ0) is 13.7. The number of hydrazine groups is 1. The maximum absolute atomic E-state index is 6.00. The van der Waals surface area contributed by atoms with Crippen LogP contribution in [0.3, 0.4) is 0 Å². The number of aromatic nitrogens is 2. The molecular weight excluding hydrogens is 266 g/mol. The van der Waals surface area contributed by atoms with Gasteiger partial charge in [0.15, 0.2) is 5.82 Å². The molecule has 1 aliphatic heterocycles. The lowest BCUT2D eigenvalue weighted by atomic mass is 10.4. The maximum Gasteiger partial charge on any atom is 0.158 e. The first-order valence-electron chi connectivity index (χ1n) is 6.48. The molecule has 7 heteroatoms. The Morgan fingerprint density at radius 2 is 2.05 bits per heavy atom. The average Bonchev–Trinajstić information content (AvgIpc) is 2.38. The van der Waals surface area contributed by atoms with Crippen LogP contribution in [-0.2, 0) is 11.3 Å². The summed E-state index contributed by atoms with van der Waals surface area (Å²) < 4.78 is 5.30. The summed E-state index contributed by atoms with van der Waals surface area (Å²) >= 11 is 6.00. The predicted molar refractivity (Wildman–Crippen MR) is 75.1 cm³/mol. The number of hydrogen-bond donors (Lipinski definition) is 1. The van der Waals surface area contributed by atoms with Crippen LogP contribution in [0.25, 0.3) is 0 Å². The van der Waals surface area contributed by atoms with Crippen molar-refractivity contribution in [3.05, 3.63) is 17.0 Å². The SMILES string of the molecule is CCOCc1nc(Cl)cc(NN2CCN(C)CC2)n1. The molecule has 0 atom stereocenters. The van der Waals surface area contributed by atoms with Crippen LogP contribution < -0.4 is 5.43 Å². The van der Waals surface area contributed by atoms with E-state index in [0.717, 1.165) is 32.0 Å². The summed E-state index contributed by atoms with van der Waals surface area (Å²) in [6.07, 6.45) is 0. The molecule has 2 heterocycles. The molecule has 0 aliphatic carbocycles. The Kier molecular flexibility index (Phi) is 5.33. The summed E-state index contributed by atoms with van der Waals surface area (Å²) in [5.41, 5.74) is 3.27. The molecular formula is C12H20ClN5O. The van der Waals surface area contributed by atoms with E-state index in [1.807, 2.05) is 6.92 Å². The van der Waals surface area contributed by atoms with Gasteiger partial charge >= 0.3 is 0 Å². The summed E-state index contributed by atoms with van der Waals surface area (Å²) in [6, 6.07) is 1.73. The minimum absolute atomic E-state index is 0.383. The Hall–Kier alpha value is -0.950. The highest BCUT2D eigenvalue weighted by atomic mass is 35.5. The van der Waals surface area contributed by atoms with Gasteiger partial charge in [0.25, 0.3) is 0 Å². The molecule has 1 aromatic rings. The van der Waals surface area contributed by atoms with Crippen LogP contribution in [0.1, 0.15) is 12.7 Å². The van der Waals surface area contributed by atoms with Gasteiger partial charge in [-0.25, -0.2) is 15.0 Å². The van der Waals surface area contributed by atoms with E-state index in [1.54, 1.807) is 6.07 Å². The van der Waals surface area contributed by atoms with E-state index < -0.39 is 0 Å². The van der Waals surface area contributed by atoms with Crippen molar-refractivity contribution in [2.24, 2.45) is 0 Å². The summed E-state index contributed by atoms with van der Waals surface area (Å²) in [4.78, 5) is 10.8. The minimum Gasteiger partial charge on any atom is -0.374 e. The molecule has 1 N–H and O–H groups in total. The Morgan fingerprint density at radius 1 is 1.32 bits per heavy atom. The number of halogens is 1. The van der Waals surface area contributed by atoms with Crippen molar-refractivity contribution in [2.45, 2.75) is 13.5 Å². The van der Waals surface area contributed by atoms with Gasteiger partial charge in [0.05, 0.1) is 0 Å². The van der Waals surface area contributed by atoms with Gasteiger partial charge in [-0.15, -0.1) is 0 Å². The highest BCUT2D eigenvalue weighted by Crippen LogP contribution is 2.13. The number of likely N-dealkylation sites (N-methyl/N-ethyl adjacent to an activating group) is 1. The number of nitrogens with zero attached hydrogens (tertiary/aromatic N) is 4. The standard InChI is InChI=1S/C12H20ClN5O/c1-3-19-9-12-14-10(13)8-11(15-12)16-18-6-4-17(2)5-7-18/h8H,3-7,9H2,1-2H3,(H,14,15,16). The van der Waals surface area contributed by atoms with E-state index in [0.29, 0.717) is 24.2 Å². The second kappa shape index (κ2) is 7.00. The first-order chi connectivity index (χ1) is 9.17. The van der Waals surface area contributed by atoms with Gasteiger partial charge in [0.2, 0.25) is 0 Å². The minimum atomic E-state index is 0.383. The van der Waals surface area contributed by atoms with Gasteiger partial charge in [0, 0.05) is 38.9 Å². The molecule has 1 aromatic heterocycles. The maximum atomic E-state index is 6.00. The van der Waals surface area contributed by atoms with Crippen LogP contribution in [0.4, 0.5) is 5.82 Å². The van der Waals surface area contributed by atoms with E-state index in [2.05, 4.69) is 32.4 Å². The highest BCUT2D eigenvalue weighted by molar-refractivity contribution is 6.29. The van der Waals surface area contributed by atoms with Crippen LogP contribution in [0.15, 0.2) is 6.07 Å². The van der Waals surface area contributed by atoms with Crippen molar-refractivity contribution in [3.63, 3.8) is 0 Å². The lowest BCUT2D eigenvalue weighted by Crippen LogP contribution is -2.47. The van der Waals surface area contributed by atoms with Gasteiger partial charge in [0.1, 0.15) is 17.6 Å². The lowest BCUT2D eigenvalue weighted by molar-refractivity contribution is 0.128. The second-order valence-electron chi connectivity index (χ2n) is 4.53. The molecule has 2 rings (SSSR count). The fourth-order valence-corrected chi connectivity index (χ4v) is 2.06. The van der Waals surface area contributed by atoms with Gasteiger partial charge in [-0.2, -0.15) is 0 Å². The second-order valence-corrected chi connectivity index (χ2v) is 4.92. The number of nitrogens with one attached hydrogen (secondary N) is 1. The quantitative estimate of drug-likeness (QED) is 0.822. The topological polar surface area (TPSA) is 53.5 Å². The normalized spacial score (nSPS) is 17.6. The molecule has 0 unspecified atom stereocenters. The van der Waals surface area contributed by atoms with E-state index >= 15 is 0 Å². The van der Waals surface area contributed by atoms with Crippen LogP contribution in [0.2, 0.25) is 5.15 Å². The first kappa shape index (κ1) is 14.5. The molecule has 0 spiro atoms. The Morgan fingerprint density at radius 3 is 2.74 bits per heavy atom. The smallest absolute Gasteiger partial charge is 0.158 e. The Bertz CT molecular complexity index is 409. The number of anilines is 1. The predicted octanol–water partition coefficient (Wildman–Crippen LogP) is 1.24. The van der Waals surface area contributed by atoms with Crippen molar-refractivity contribution in [1.29, 1.82) is 0 Å². The summed E-state index contributed by atoms with van der Waals surface area (Å²) in [7, 11) is 2.12. The number of hydrogen-bond acceptors (Lipinski definition) is 6. The first-order valence-corrected chi connectivity index (χ1v) is 6.86. The van der Waals surface area contributed by atoms with Crippen LogP contribution in [-0.4, -0.2) is 59.7 Å². The fraction of sp³-hybridized carbons (Fsp3) is 0.667. The molecule has 6 nitrogen and oxygen atoms in total. The Balaban J connectivity index is 1.97. The average molecular weight is 286 g/mol. The molecule has 0 saturated carbocycles. The third kappa shape index (κ3) is 4.58. The van der Waals surface area contributed by atoms with Crippen LogP contribution >= 0.6 is 11.6 Å². The number of ether oxygens (including phenoxy) is 1. The molecule has 106 valence electrons. The zero-order valence-electron chi connectivity index (χ0n) is 11.4. The number of rotatable bonds is 5. The lowest BCUT2D eigenvalue weighted by Gasteiger charge is -2.32. The molecule has 0 bridgehead atoms. The molecule has 0 aromatic carbocycles. The monoisotopic (exact) mass is 285 g/mol. The van der Waals surface area contributed by atoms with Crippen molar-refractivity contribution in [1.82, 2.24) is 19.9 Å². The van der Waals surface area contributed by atoms with Crippen molar-refractivity contribution in [3.8, 4) is 0 Å². The summed E-state index contributed by atoms with van der Waals surface area (Å²) in [5.74, 6) is 1.32. The van der Waals surface area contributed by atoms with E-state index in [-0.39, 0.29) is 0 Å². The molecule has 0 amide bonds. The third-order valence-corrected chi connectivity index (χ3v) is 3.15. The van der Waals surface area contributed by atoms with E-state index in [4.69, 9.17) is 16.3 Å². The van der Waals surface area contributed by atoms with Crippen LogP contribution in [0.5, 0.6) is 0 Å². The molecule has 1 aliphatic rings. The van der Waals surface area contributed by atoms with Gasteiger partial charge < -0.3 is 15.1 Å². The van der Waals surface area contributed by atoms with Crippen molar-refractivity contribution in [2.75, 3.05) is 45.3 Å². The number of piperazine rings is 1. The molecule has 0 radical (unpaired) electrons. The largest absolute Gasteiger partial charge is 0.374 e. The molecule has 1 saturated heterocycles. The van der Waals surface area contributed by atoms with Crippen molar-refractivity contribution < 1.29 is 4.74 Å². The molecule has 19 heavy (non-hydrogen) atoms. The van der Waals surface area contributed by atoms with Gasteiger partial charge in [-0.3, -0.25) is 0 Å². The molecule has 1 fully saturated rings. The van der Waals surface area contributed by atoms with E-state index in [9.17, 15) is 0 Å². The van der Waals surface area contributed by atoms with Crippen molar-refractivity contribution >= 4 is 17.4 Å². The Labute approximate surface area is 118 Å². The van der Waals surface area contributed by atoms with E-state index in [1.165, 1.54) is 0 Å². The summed E-state index contributed by atoms with van der Waals surface area (Å²) in [6.45, 7) is 6.95.